The van der Waals surface area contributed by atoms with Crippen LogP contribution < -0.4 is 9.46 Å². The van der Waals surface area contributed by atoms with Crippen LogP contribution in [-0.4, -0.2) is 20.5 Å². The number of aryl methyl sites for hydroxylation is 4. The number of methoxy groups -OCH3 is 1. The average molecular weight is 340 g/mol. The van der Waals surface area contributed by atoms with Gasteiger partial charge in [-0.3, -0.25) is 0 Å². The van der Waals surface area contributed by atoms with Crippen molar-refractivity contribution in [1.82, 2.24) is 9.71 Å². The molecular weight excluding hydrogens is 320 g/mol. The van der Waals surface area contributed by atoms with E-state index in [-0.39, 0.29) is 11.4 Å². The molecule has 0 aliphatic rings. The van der Waals surface area contributed by atoms with Crippen molar-refractivity contribution >= 4 is 21.4 Å². The van der Waals surface area contributed by atoms with Gasteiger partial charge in [0.15, 0.2) is 0 Å². The Hall–Kier alpha value is -1.44. The average Bonchev–Trinajstić information content (AvgIpc) is 2.78. The molecule has 0 fully saturated rings. The zero-order valence-corrected chi connectivity index (χ0v) is 15.0. The summed E-state index contributed by atoms with van der Waals surface area (Å²) < 4.78 is 32.9. The van der Waals surface area contributed by atoms with Crippen molar-refractivity contribution in [2.24, 2.45) is 0 Å². The van der Waals surface area contributed by atoms with Crippen LogP contribution in [0.3, 0.4) is 0 Å². The van der Waals surface area contributed by atoms with Gasteiger partial charge in [0, 0.05) is 4.88 Å². The SMILES string of the molecule is COc1cc(C)c(C)cc1S(=O)(=O)NCc1nc(C)c(C)s1. The summed E-state index contributed by atoms with van der Waals surface area (Å²) in [5.74, 6) is 0.349. The van der Waals surface area contributed by atoms with Gasteiger partial charge in [0.25, 0.3) is 0 Å². The first-order chi connectivity index (χ1) is 10.2. The van der Waals surface area contributed by atoms with Crippen molar-refractivity contribution in [1.29, 1.82) is 0 Å². The van der Waals surface area contributed by atoms with Crippen LogP contribution in [0.1, 0.15) is 26.7 Å². The van der Waals surface area contributed by atoms with E-state index in [2.05, 4.69) is 9.71 Å². The molecule has 0 radical (unpaired) electrons. The quantitative estimate of drug-likeness (QED) is 0.909. The molecular formula is C15H20N2O3S2. The lowest BCUT2D eigenvalue weighted by Crippen LogP contribution is -2.24. The van der Waals surface area contributed by atoms with Crippen molar-refractivity contribution in [3.8, 4) is 5.75 Å². The number of thiazole rings is 1. The number of rotatable bonds is 5. The summed E-state index contributed by atoms with van der Waals surface area (Å²) in [6.07, 6.45) is 0. The Bertz CT molecular complexity index is 776. The molecule has 22 heavy (non-hydrogen) atoms. The fraction of sp³-hybridized carbons (Fsp3) is 0.400. The second-order valence-electron chi connectivity index (χ2n) is 5.16. The van der Waals surface area contributed by atoms with Gasteiger partial charge in [0.05, 0.1) is 19.3 Å². The van der Waals surface area contributed by atoms with E-state index in [1.165, 1.54) is 18.4 Å². The molecule has 0 bridgehead atoms. The monoisotopic (exact) mass is 340 g/mol. The van der Waals surface area contributed by atoms with Crippen LogP contribution in [0.25, 0.3) is 0 Å². The molecule has 0 spiro atoms. The Balaban J connectivity index is 2.28. The minimum Gasteiger partial charge on any atom is -0.495 e. The van der Waals surface area contributed by atoms with E-state index in [1.807, 2.05) is 27.7 Å². The molecule has 1 N–H and O–H groups in total. The van der Waals surface area contributed by atoms with Gasteiger partial charge in [0.2, 0.25) is 10.0 Å². The van der Waals surface area contributed by atoms with Crippen molar-refractivity contribution in [2.45, 2.75) is 39.1 Å². The van der Waals surface area contributed by atoms with E-state index in [0.29, 0.717) is 5.75 Å². The summed E-state index contributed by atoms with van der Waals surface area (Å²) in [4.78, 5) is 5.59. The summed E-state index contributed by atoms with van der Waals surface area (Å²) in [5.41, 5.74) is 2.83. The minimum atomic E-state index is -3.65. The summed E-state index contributed by atoms with van der Waals surface area (Å²) >= 11 is 1.50. The molecule has 0 saturated carbocycles. The normalized spacial score (nSPS) is 11.7. The van der Waals surface area contributed by atoms with Crippen molar-refractivity contribution in [3.05, 3.63) is 38.8 Å². The lowest BCUT2D eigenvalue weighted by Gasteiger charge is -2.12. The smallest absolute Gasteiger partial charge is 0.244 e. The van der Waals surface area contributed by atoms with Crippen LogP contribution in [0.2, 0.25) is 0 Å². The number of aromatic nitrogens is 1. The number of ether oxygens (including phenoxy) is 1. The summed E-state index contributed by atoms with van der Waals surface area (Å²) in [6.45, 7) is 7.86. The molecule has 1 aromatic heterocycles. The maximum atomic E-state index is 12.5. The fourth-order valence-electron chi connectivity index (χ4n) is 1.98. The highest BCUT2D eigenvalue weighted by Gasteiger charge is 2.21. The van der Waals surface area contributed by atoms with Gasteiger partial charge in [0.1, 0.15) is 15.7 Å². The maximum Gasteiger partial charge on any atom is 0.244 e. The van der Waals surface area contributed by atoms with Crippen LogP contribution in [0.4, 0.5) is 0 Å². The van der Waals surface area contributed by atoms with Crippen LogP contribution in [0, 0.1) is 27.7 Å². The van der Waals surface area contributed by atoms with Crippen LogP contribution in [0.15, 0.2) is 17.0 Å². The number of nitrogens with one attached hydrogen (secondary N) is 1. The first-order valence-electron chi connectivity index (χ1n) is 6.82. The third-order valence-electron chi connectivity index (χ3n) is 3.56. The lowest BCUT2D eigenvalue weighted by atomic mass is 10.1. The van der Waals surface area contributed by atoms with Crippen LogP contribution >= 0.6 is 11.3 Å². The van der Waals surface area contributed by atoms with E-state index in [4.69, 9.17) is 4.74 Å². The number of hydrogen-bond acceptors (Lipinski definition) is 5. The molecule has 2 rings (SSSR count). The first kappa shape index (κ1) is 16.9. The van der Waals surface area contributed by atoms with E-state index in [9.17, 15) is 8.42 Å². The molecule has 0 aliphatic carbocycles. The second-order valence-corrected chi connectivity index (χ2v) is 8.18. The topological polar surface area (TPSA) is 68.3 Å². The largest absolute Gasteiger partial charge is 0.495 e. The summed E-state index contributed by atoms with van der Waals surface area (Å²) in [5, 5.41) is 0.751. The van der Waals surface area contributed by atoms with E-state index in [0.717, 1.165) is 26.7 Å². The zero-order chi connectivity index (χ0) is 16.5. The molecule has 0 atom stereocenters. The van der Waals surface area contributed by atoms with Crippen LogP contribution in [-0.2, 0) is 16.6 Å². The number of nitrogens with zero attached hydrogens (tertiary/aromatic N) is 1. The van der Waals surface area contributed by atoms with Crippen molar-refractivity contribution in [3.63, 3.8) is 0 Å². The highest BCUT2D eigenvalue weighted by atomic mass is 32.2. The second kappa shape index (κ2) is 6.36. The van der Waals surface area contributed by atoms with Gasteiger partial charge in [-0.25, -0.2) is 18.1 Å². The highest BCUT2D eigenvalue weighted by molar-refractivity contribution is 7.89. The third-order valence-corrected chi connectivity index (χ3v) is 6.05. The Morgan fingerprint density at radius 1 is 1.18 bits per heavy atom. The predicted octanol–water partition coefficient (Wildman–Crippen LogP) is 2.86. The predicted molar refractivity (Wildman–Crippen MR) is 88.1 cm³/mol. The molecule has 1 aromatic carbocycles. The zero-order valence-electron chi connectivity index (χ0n) is 13.4. The molecule has 0 unspecified atom stereocenters. The van der Waals surface area contributed by atoms with Gasteiger partial charge in [-0.1, -0.05) is 0 Å². The van der Waals surface area contributed by atoms with E-state index in [1.54, 1.807) is 12.1 Å². The minimum absolute atomic E-state index is 0.156. The first-order valence-corrected chi connectivity index (χ1v) is 9.12. The highest BCUT2D eigenvalue weighted by Crippen LogP contribution is 2.27. The lowest BCUT2D eigenvalue weighted by molar-refractivity contribution is 0.401. The molecule has 1 heterocycles. The molecule has 0 aliphatic heterocycles. The third kappa shape index (κ3) is 3.48. The Morgan fingerprint density at radius 3 is 2.36 bits per heavy atom. The van der Waals surface area contributed by atoms with E-state index < -0.39 is 10.0 Å². The van der Waals surface area contributed by atoms with Gasteiger partial charge in [-0.15, -0.1) is 11.3 Å². The molecule has 120 valence electrons. The molecule has 5 nitrogen and oxygen atoms in total. The Morgan fingerprint density at radius 2 is 1.82 bits per heavy atom. The summed E-state index contributed by atoms with van der Waals surface area (Å²) in [7, 11) is -2.18. The van der Waals surface area contributed by atoms with Gasteiger partial charge in [-0.2, -0.15) is 0 Å². The van der Waals surface area contributed by atoms with Crippen LogP contribution in [0.5, 0.6) is 5.75 Å². The fourth-order valence-corrected chi connectivity index (χ4v) is 4.17. The van der Waals surface area contributed by atoms with Gasteiger partial charge >= 0.3 is 0 Å². The maximum absolute atomic E-state index is 12.5. The standard InChI is InChI=1S/C15H20N2O3S2/c1-9-6-13(20-5)14(7-10(9)2)22(18,19)16-8-15-17-11(3)12(4)21-15/h6-7,16H,8H2,1-5H3. The summed E-state index contributed by atoms with van der Waals surface area (Å²) in [6, 6.07) is 3.37. The van der Waals surface area contributed by atoms with Gasteiger partial charge < -0.3 is 4.74 Å². The molecule has 0 amide bonds. The number of benzene rings is 1. The van der Waals surface area contributed by atoms with Crippen molar-refractivity contribution < 1.29 is 13.2 Å². The molecule has 7 heteroatoms. The van der Waals surface area contributed by atoms with E-state index >= 15 is 0 Å². The number of sulfonamides is 1. The molecule has 2 aromatic rings. The van der Waals surface area contributed by atoms with Gasteiger partial charge in [-0.05, 0) is 51.0 Å². The molecule has 0 saturated heterocycles. The Labute approximate surface area is 135 Å². The van der Waals surface area contributed by atoms with Crippen molar-refractivity contribution in [2.75, 3.05) is 7.11 Å². The number of hydrogen-bond donors (Lipinski definition) is 1. The Kier molecular flexibility index (Phi) is 4.89.